The first kappa shape index (κ1) is 17.3. The zero-order valence-corrected chi connectivity index (χ0v) is 14.0. The van der Waals surface area contributed by atoms with Gasteiger partial charge in [-0.25, -0.2) is 13.7 Å². The maximum absolute atomic E-state index is 12.4. The lowest BCUT2D eigenvalue weighted by molar-refractivity contribution is 0.0692. The van der Waals surface area contributed by atoms with E-state index in [2.05, 4.69) is 20.5 Å². The van der Waals surface area contributed by atoms with Crippen LogP contribution in [-0.2, 0) is 7.05 Å². The summed E-state index contributed by atoms with van der Waals surface area (Å²) in [5, 5.41) is 19.8. The highest BCUT2D eigenvalue weighted by Crippen LogP contribution is 2.16. The van der Waals surface area contributed by atoms with E-state index in [0.29, 0.717) is 17.3 Å². The van der Waals surface area contributed by atoms with Gasteiger partial charge in [0.2, 0.25) is 5.95 Å². The Morgan fingerprint density at radius 3 is 2.88 bits per heavy atom. The monoisotopic (exact) mass is 361 g/mol. The molecule has 0 unspecified atom stereocenters. The molecule has 0 fully saturated rings. The molecule has 10 nitrogen and oxygen atoms in total. The zero-order valence-electron chi connectivity index (χ0n) is 14.0. The number of alkyl halides is 1. The quantitative estimate of drug-likeness (QED) is 0.667. The summed E-state index contributed by atoms with van der Waals surface area (Å²) < 4.78 is 15.1. The first-order valence-corrected chi connectivity index (χ1v) is 7.61. The van der Waals surface area contributed by atoms with Crippen molar-refractivity contribution >= 4 is 29.2 Å². The minimum atomic E-state index is -1.24. The fourth-order valence-electron chi connectivity index (χ4n) is 2.39. The van der Waals surface area contributed by atoms with Gasteiger partial charge in [-0.2, -0.15) is 10.1 Å². The average Bonchev–Trinajstić information content (AvgIpc) is 3.18. The Labute approximate surface area is 146 Å². The Hall–Kier alpha value is -3.50. The summed E-state index contributed by atoms with van der Waals surface area (Å²) >= 11 is 0. The van der Waals surface area contributed by atoms with Gasteiger partial charge in [0, 0.05) is 38.6 Å². The lowest BCUT2D eigenvalue weighted by Crippen LogP contribution is -2.21. The van der Waals surface area contributed by atoms with E-state index in [9.17, 15) is 14.0 Å². The van der Waals surface area contributed by atoms with Crippen LogP contribution in [-0.4, -0.2) is 61.6 Å². The van der Waals surface area contributed by atoms with Crippen LogP contribution >= 0.6 is 0 Å². The summed E-state index contributed by atoms with van der Waals surface area (Å²) in [6, 6.07) is 3.17. The second kappa shape index (κ2) is 6.78. The first-order chi connectivity index (χ1) is 12.4. The van der Waals surface area contributed by atoms with Crippen molar-refractivity contribution in [1.82, 2.24) is 24.4 Å². The third-order valence-corrected chi connectivity index (χ3v) is 3.73. The van der Waals surface area contributed by atoms with Crippen molar-refractivity contribution in [2.45, 2.75) is 0 Å². The lowest BCUT2D eigenvalue weighted by Gasteiger charge is -2.10. The molecule has 0 aliphatic heterocycles. The summed E-state index contributed by atoms with van der Waals surface area (Å²) in [7, 11) is 3.16. The maximum Gasteiger partial charge on any atom is 0.339 e. The third-order valence-electron chi connectivity index (χ3n) is 3.73. The van der Waals surface area contributed by atoms with Crippen LogP contribution in [0.5, 0.6) is 0 Å². The number of carboxylic acid groups (broad SMARTS) is 1. The third kappa shape index (κ3) is 3.18. The van der Waals surface area contributed by atoms with Gasteiger partial charge >= 0.3 is 5.97 Å². The van der Waals surface area contributed by atoms with Crippen LogP contribution < -0.4 is 10.2 Å². The number of aromatic carboxylic acids is 1. The van der Waals surface area contributed by atoms with Crippen molar-refractivity contribution in [3.8, 4) is 0 Å². The van der Waals surface area contributed by atoms with E-state index < -0.39 is 18.6 Å². The fourth-order valence-corrected chi connectivity index (χ4v) is 2.39. The zero-order chi connectivity index (χ0) is 18.8. The Morgan fingerprint density at radius 1 is 1.42 bits per heavy atom. The molecule has 0 spiro atoms. The van der Waals surface area contributed by atoms with E-state index in [4.69, 9.17) is 5.11 Å². The number of nitrogens with one attached hydrogen (secondary N) is 1. The van der Waals surface area contributed by atoms with Crippen LogP contribution in [0.25, 0.3) is 5.65 Å². The predicted octanol–water partition coefficient (Wildman–Crippen LogP) is 0.819. The van der Waals surface area contributed by atoms with Crippen LogP contribution in [0.3, 0.4) is 0 Å². The van der Waals surface area contributed by atoms with Gasteiger partial charge < -0.3 is 15.3 Å². The molecule has 3 aromatic heterocycles. The number of fused-ring (bicyclic) bond motifs is 1. The first-order valence-electron chi connectivity index (χ1n) is 7.61. The van der Waals surface area contributed by atoms with Gasteiger partial charge in [0.15, 0.2) is 5.65 Å². The van der Waals surface area contributed by atoms with E-state index in [-0.39, 0.29) is 17.8 Å². The second-order valence-electron chi connectivity index (χ2n) is 5.53. The van der Waals surface area contributed by atoms with Crippen LogP contribution in [0.2, 0.25) is 0 Å². The van der Waals surface area contributed by atoms with Crippen LogP contribution in [0.15, 0.2) is 24.5 Å². The van der Waals surface area contributed by atoms with E-state index in [1.165, 1.54) is 16.2 Å². The van der Waals surface area contributed by atoms with Crippen molar-refractivity contribution in [3.05, 3.63) is 35.8 Å². The molecule has 0 bridgehead atoms. The van der Waals surface area contributed by atoms with Crippen LogP contribution in [0.1, 0.15) is 20.8 Å². The van der Waals surface area contributed by atoms with E-state index in [1.54, 1.807) is 30.3 Å². The van der Waals surface area contributed by atoms with E-state index in [1.807, 2.05) is 0 Å². The highest BCUT2D eigenvalue weighted by atomic mass is 19.1. The largest absolute Gasteiger partial charge is 0.478 e. The average molecular weight is 361 g/mol. The summed E-state index contributed by atoms with van der Waals surface area (Å²) in [5.74, 6) is -1.50. The molecule has 0 saturated heterocycles. The van der Waals surface area contributed by atoms with Gasteiger partial charge in [0.1, 0.15) is 17.9 Å². The van der Waals surface area contributed by atoms with Crippen molar-refractivity contribution in [2.24, 2.45) is 7.05 Å². The molecule has 0 radical (unpaired) electrons. The molecule has 0 atom stereocenters. The molecule has 136 valence electrons. The van der Waals surface area contributed by atoms with Gasteiger partial charge in [-0.1, -0.05) is 0 Å². The second-order valence-corrected chi connectivity index (χ2v) is 5.53. The van der Waals surface area contributed by atoms with E-state index >= 15 is 0 Å². The number of carbonyl (C=O) groups is 2. The van der Waals surface area contributed by atoms with Gasteiger partial charge in [-0.05, 0) is 6.07 Å². The molecular formula is C15H16FN7O3. The molecular weight excluding hydrogens is 345 g/mol. The number of halogens is 1. The molecule has 2 N–H and O–H groups in total. The predicted molar refractivity (Wildman–Crippen MR) is 90.4 cm³/mol. The Morgan fingerprint density at radius 2 is 2.19 bits per heavy atom. The van der Waals surface area contributed by atoms with Gasteiger partial charge in [0.25, 0.3) is 5.91 Å². The number of rotatable bonds is 6. The number of amides is 1. The SMILES string of the molecule is CN(CCF)c1nc2cc(NC(=O)c3c(C(=O)O)cnn3C)ccn2n1. The lowest BCUT2D eigenvalue weighted by atomic mass is 10.2. The molecule has 0 aliphatic rings. The number of anilines is 2. The molecule has 0 saturated carbocycles. The topological polar surface area (TPSA) is 118 Å². The van der Waals surface area contributed by atoms with Crippen molar-refractivity contribution in [2.75, 3.05) is 30.5 Å². The molecule has 3 heterocycles. The summed E-state index contributed by atoms with van der Waals surface area (Å²) in [6.07, 6.45) is 2.71. The summed E-state index contributed by atoms with van der Waals surface area (Å²) in [4.78, 5) is 29.5. The molecule has 3 rings (SSSR count). The van der Waals surface area contributed by atoms with Crippen LogP contribution in [0.4, 0.5) is 16.0 Å². The van der Waals surface area contributed by atoms with Gasteiger partial charge in [0.05, 0.1) is 6.20 Å². The van der Waals surface area contributed by atoms with Gasteiger partial charge in [-0.15, -0.1) is 5.10 Å². The van der Waals surface area contributed by atoms with Crippen molar-refractivity contribution < 1.29 is 19.1 Å². The number of aromatic nitrogens is 5. The number of carboxylic acids is 1. The van der Waals surface area contributed by atoms with Gasteiger partial charge in [-0.3, -0.25) is 9.48 Å². The molecule has 0 aliphatic carbocycles. The van der Waals surface area contributed by atoms with E-state index in [0.717, 1.165) is 6.20 Å². The minimum absolute atomic E-state index is 0.0674. The normalized spacial score (nSPS) is 10.9. The number of aryl methyl sites for hydroxylation is 1. The Bertz CT molecular complexity index is 981. The number of pyridine rings is 1. The number of nitrogens with zero attached hydrogens (tertiary/aromatic N) is 6. The Balaban J connectivity index is 1.86. The number of hydrogen-bond acceptors (Lipinski definition) is 6. The maximum atomic E-state index is 12.4. The molecule has 26 heavy (non-hydrogen) atoms. The van der Waals surface area contributed by atoms with Crippen LogP contribution in [0, 0.1) is 0 Å². The molecule has 3 aromatic rings. The standard InChI is InChI=1S/C15H16FN7O3/c1-21(6-4-16)15-19-11-7-9(3-5-23(11)20-15)18-13(24)12-10(14(25)26)8-17-22(12)2/h3,5,7-8H,4,6H2,1-2H3,(H,18,24)(H,25,26). The van der Waals surface area contributed by atoms with Crippen molar-refractivity contribution in [3.63, 3.8) is 0 Å². The van der Waals surface area contributed by atoms with Crippen molar-refractivity contribution in [1.29, 1.82) is 0 Å². The smallest absolute Gasteiger partial charge is 0.339 e. The number of carbonyl (C=O) groups excluding carboxylic acids is 1. The summed E-state index contributed by atoms with van der Waals surface area (Å²) in [6.45, 7) is -0.358. The molecule has 11 heteroatoms. The number of hydrogen-bond donors (Lipinski definition) is 2. The molecule has 1 amide bonds. The summed E-state index contributed by atoms with van der Waals surface area (Å²) in [5.41, 5.74) is 0.602. The Kier molecular flexibility index (Phi) is 4.52. The highest BCUT2D eigenvalue weighted by Gasteiger charge is 2.22. The highest BCUT2D eigenvalue weighted by molar-refractivity contribution is 6.09. The fraction of sp³-hybridized carbons (Fsp3) is 0.267. The minimum Gasteiger partial charge on any atom is -0.478 e. The molecule has 0 aromatic carbocycles.